The molecule has 1 heterocycles. The van der Waals surface area contributed by atoms with Gasteiger partial charge < -0.3 is 29.6 Å². The largest absolute Gasteiger partial charge is 0.493 e. The van der Waals surface area contributed by atoms with Crippen molar-refractivity contribution in [3.63, 3.8) is 0 Å². The van der Waals surface area contributed by atoms with Crippen molar-refractivity contribution in [3.8, 4) is 11.5 Å². The highest BCUT2D eigenvalue weighted by molar-refractivity contribution is 5.90. The van der Waals surface area contributed by atoms with Crippen molar-refractivity contribution < 1.29 is 23.7 Å². The molecule has 2 N–H and O–H groups in total. The summed E-state index contributed by atoms with van der Waals surface area (Å²) in [7, 11) is 3.14. The number of amides is 1. The number of hydrogen-bond acceptors (Lipinski definition) is 7. The molecule has 226 valence electrons. The fourth-order valence-corrected chi connectivity index (χ4v) is 4.84. The van der Waals surface area contributed by atoms with E-state index in [1.165, 1.54) is 50.4 Å². The molecular weight excluding hydrogens is 530 g/mol. The van der Waals surface area contributed by atoms with Gasteiger partial charge in [0.1, 0.15) is 0 Å². The van der Waals surface area contributed by atoms with E-state index in [-0.39, 0.29) is 6.79 Å². The van der Waals surface area contributed by atoms with Crippen LogP contribution in [0.5, 0.6) is 11.5 Å². The Morgan fingerprint density at radius 2 is 1.52 bits per heavy atom. The van der Waals surface area contributed by atoms with Crippen LogP contribution in [0.2, 0.25) is 0 Å². The Hall–Kier alpha value is -3.69. The summed E-state index contributed by atoms with van der Waals surface area (Å²) in [6, 6.07) is 27.5. The topological polar surface area (TPSA) is 86.5 Å². The first-order chi connectivity index (χ1) is 20.5. The Kier molecular flexibility index (Phi) is 14.6. The van der Waals surface area contributed by atoms with Gasteiger partial charge in [0, 0.05) is 39.4 Å². The third kappa shape index (κ3) is 10.9. The van der Waals surface area contributed by atoms with Crippen LogP contribution in [0.1, 0.15) is 36.1 Å². The molecule has 1 aliphatic rings. The van der Waals surface area contributed by atoms with Crippen molar-refractivity contribution >= 4 is 12.0 Å². The van der Waals surface area contributed by atoms with Crippen molar-refractivity contribution in [1.82, 2.24) is 9.80 Å². The number of methoxy groups -OCH3 is 2. The van der Waals surface area contributed by atoms with Gasteiger partial charge in [-0.2, -0.15) is 0 Å². The van der Waals surface area contributed by atoms with Crippen LogP contribution in [-0.2, 0) is 14.3 Å². The fourth-order valence-electron chi connectivity index (χ4n) is 4.84. The lowest BCUT2D eigenvalue weighted by Gasteiger charge is -2.39. The standard InChI is InChI=1S/C20H26N2.C14H19NO5/c1-2-13-21-14-16-22(17-15-21)20(18-9-5-3-6-10-18)19-11-7-4-8-12-19;1-17-7-8-19-10-20-12-5-3-11(4-6-14(15)16)9-13(12)18-2/h3-12,20H,2,13-17H2,1H3;3-6,9H,7-8,10H2,1-2H3,(H2,15,16). The highest BCUT2D eigenvalue weighted by Crippen LogP contribution is 2.30. The SMILES string of the molecule is CCCN1CCN(C(c2ccccc2)c2ccccc2)CC1.COCCOCOc1ccc(C=CC(N)=O)cc1OC. The molecule has 0 aromatic heterocycles. The third-order valence-corrected chi connectivity index (χ3v) is 6.90. The molecule has 1 saturated heterocycles. The Labute approximate surface area is 250 Å². The second kappa shape index (κ2) is 18.7. The molecule has 3 aromatic rings. The molecule has 0 unspecified atom stereocenters. The van der Waals surface area contributed by atoms with Crippen molar-refractivity contribution in [1.29, 1.82) is 0 Å². The first-order valence-electron chi connectivity index (χ1n) is 14.5. The molecule has 0 radical (unpaired) electrons. The van der Waals surface area contributed by atoms with Crippen LogP contribution in [0.4, 0.5) is 0 Å². The zero-order valence-electron chi connectivity index (χ0n) is 25.1. The van der Waals surface area contributed by atoms with Crippen LogP contribution in [0.3, 0.4) is 0 Å². The van der Waals surface area contributed by atoms with E-state index < -0.39 is 5.91 Å². The Morgan fingerprint density at radius 3 is 2.07 bits per heavy atom. The molecule has 1 amide bonds. The average molecular weight is 576 g/mol. The van der Waals surface area contributed by atoms with Gasteiger partial charge in [-0.1, -0.05) is 73.7 Å². The van der Waals surface area contributed by atoms with E-state index in [1.807, 2.05) is 0 Å². The zero-order valence-corrected chi connectivity index (χ0v) is 25.1. The molecule has 0 bridgehead atoms. The summed E-state index contributed by atoms with van der Waals surface area (Å²) in [5, 5.41) is 0. The lowest BCUT2D eigenvalue weighted by atomic mass is 9.96. The van der Waals surface area contributed by atoms with Gasteiger partial charge in [-0.05, 0) is 47.9 Å². The quantitative estimate of drug-likeness (QED) is 0.165. The molecule has 42 heavy (non-hydrogen) atoms. The van der Waals surface area contributed by atoms with Crippen molar-refractivity contribution in [3.05, 3.63) is 102 Å². The van der Waals surface area contributed by atoms with Gasteiger partial charge in [-0.25, -0.2) is 0 Å². The molecule has 0 spiro atoms. The van der Waals surface area contributed by atoms with Gasteiger partial charge in [-0.15, -0.1) is 0 Å². The minimum atomic E-state index is -0.504. The van der Waals surface area contributed by atoms with Crippen LogP contribution in [0.15, 0.2) is 84.9 Å². The van der Waals surface area contributed by atoms with Crippen molar-refractivity contribution in [2.24, 2.45) is 5.73 Å². The number of nitrogens with two attached hydrogens (primary N) is 1. The van der Waals surface area contributed by atoms with Gasteiger partial charge in [0.15, 0.2) is 18.3 Å². The summed E-state index contributed by atoms with van der Waals surface area (Å²) >= 11 is 0. The number of carbonyl (C=O) groups is 1. The number of benzene rings is 3. The summed E-state index contributed by atoms with van der Waals surface area (Å²) in [6.07, 6.45) is 4.13. The van der Waals surface area contributed by atoms with Crippen LogP contribution in [0, 0.1) is 0 Å². The predicted octanol–water partition coefficient (Wildman–Crippen LogP) is 5.00. The highest BCUT2D eigenvalue weighted by Gasteiger charge is 2.25. The lowest BCUT2D eigenvalue weighted by molar-refractivity contribution is -0.113. The van der Waals surface area contributed by atoms with Gasteiger partial charge in [-0.3, -0.25) is 9.69 Å². The smallest absolute Gasteiger partial charge is 0.241 e. The van der Waals surface area contributed by atoms with Crippen LogP contribution in [0.25, 0.3) is 6.08 Å². The molecule has 1 aliphatic heterocycles. The van der Waals surface area contributed by atoms with E-state index in [1.54, 1.807) is 31.4 Å². The number of ether oxygens (including phenoxy) is 4. The minimum absolute atomic E-state index is 0.107. The number of rotatable bonds is 14. The number of piperazine rings is 1. The zero-order chi connectivity index (χ0) is 30.0. The fraction of sp³-hybridized carbons (Fsp3) is 0.382. The van der Waals surface area contributed by atoms with E-state index in [0.717, 1.165) is 18.7 Å². The highest BCUT2D eigenvalue weighted by atomic mass is 16.7. The molecular formula is C34H45N3O5. The van der Waals surface area contributed by atoms with E-state index in [4.69, 9.17) is 24.7 Å². The first-order valence-corrected chi connectivity index (χ1v) is 14.5. The normalized spacial score (nSPS) is 14.0. The van der Waals surface area contributed by atoms with E-state index in [9.17, 15) is 4.79 Å². The number of nitrogens with zero attached hydrogens (tertiary/aromatic N) is 2. The Balaban J connectivity index is 0.000000232. The first kappa shape index (κ1) is 32.8. The van der Waals surface area contributed by atoms with Crippen LogP contribution in [-0.4, -0.2) is 82.7 Å². The molecule has 0 atom stereocenters. The van der Waals surface area contributed by atoms with E-state index in [0.29, 0.717) is 30.8 Å². The van der Waals surface area contributed by atoms with Crippen molar-refractivity contribution in [2.75, 3.05) is 67.0 Å². The second-order valence-electron chi connectivity index (χ2n) is 9.91. The van der Waals surface area contributed by atoms with E-state index in [2.05, 4.69) is 77.4 Å². The summed E-state index contributed by atoms with van der Waals surface area (Å²) in [6.45, 7) is 9.24. The van der Waals surface area contributed by atoms with Crippen LogP contribution >= 0.6 is 0 Å². The second-order valence-corrected chi connectivity index (χ2v) is 9.91. The van der Waals surface area contributed by atoms with Gasteiger partial charge in [0.05, 0.1) is 26.4 Å². The maximum Gasteiger partial charge on any atom is 0.241 e. The monoisotopic (exact) mass is 575 g/mol. The number of carbonyl (C=O) groups excluding carboxylic acids is 1. The summed E-state index contributed by atoms with van der Waals surface area (Å²) in [4.78, 5) is 15.9. The molecule has 8 nitrogen and oxygen atoms in total. The molecule has 4 rings (SSSR count). The van der Waals surface area contributed by atoms with Crippen LogP contribution < -0.4 is 15.2 Å². The summed E-state index contributed by atoms with van der Waals surface area (Å²) in [5.41, 5.74) is 8.62. The number of hydrogen-bond donors (Lipinski definition) is 1. The van der Waals surface area contributed by atoms with Crippen molar-refractivity contribution in [2.45, 2.75) is 19.4 Å². The Morgan fingerprint density at radius 1 is 0.881 bits per heavy atom. The molecule has 8 heteroatoms. The number of primary amides is 1. The molecule has 3 aromatic carbocycles. The summed E-state index contributed by atoms with van der Waals surface area (Å²) < 4.78 is 20.7. The summed E-state index contributed by atoms with van der Waals surface area (Å²) in [5.74, 6) is 0.601. The van der Waals surface area contributed by atoms with E-state index >= 15 is 0 Å². The lowest BCUT2D eigenvalue weighted by Crippen LogP contribution is -2.47. The molecule has 0 aliphatic carbocycles. The third-order valence-electron chi connectivity index (χ3n) is 6.90. The van der Waals surface area contributed by atoms with Gasteiger partial charge in [0.25, 0.3) is 0 Å². The molecule has 1 fully saturated rings. The Bertz CT molecular complexity index is 1160. The minimum Gasteiger partial charge on any atom is -0.493 e. The maximum atomic E-state index is 10.7. The average Bonchev–Trinajstić information content (AvgIpc) is 3.03. The maximum absolute atomic E-state index is 10.7. The van der Waals surface area contributed by atoms with Gasteiger partial charge in [0.2, 0.25) is 5.91 Å². The predicted molar refractivity (Wildman–Crippen MR) is 168 cm³/mol. The van der Waals surface area contributed by atoms with Gasteiger partial charge >= 0.3 is 0 Å². The molecule has 0 saturated carbocycles.